The molecule has 0 aliphatic carbocycles. The number of furan rings is 1. The van der Waals surface area contributed by atoms with Crippen molar-refractivity contribution >= 4 is 11.8 Å². The number of piperidine rings is 1. The highest BCUT2D eigenvalue weighted by atomic mass is 16.6. The fourth-order valence-electron chi connectivity index (χ4n) is 2.37. The van der Waals surface area contributed by atoms with E-state index in [1.165, 1.54) is 12.1 Å². The molecule has 0 spiro atoms. The molecule has 0 bridgehead atoms. The summed E-state index contributed by atoms with van der Waals surface area (Å²) in [6.45, 7) is 0.954. The van der Waals surface area contributed by atoms with Gasteiger partial charge in [0, 0.05) is 38.3 Å². The Morgan fingerprint density at radius 3 is 2.61 bits per heavy atom. The molecule has 1 amide bonds. The standard InChI is InChI=1S/C14H14N4O5/c19-13(11-2-3-12(23-11)18(20)21)17-8-4-10(5-9-17)22-14-15-6-1-7-16-14/h1-3,6-7,10H,4-5,8-9H2. The predicted octanol–water partition coefficient (Wildman–Crippen LogP) is 1.66. The molecule has 1 fully saturated rings. The first-order valence-corrected chi connectivity index (χ1v) is 7.10. The Labute approximate surface area is 131 Å². The van der Waals surface area contributed by atoms with E-state index in [4.69, 9.17) is 9.15 Å². The van der Waals surface area contributed by atoms with Gasteiger partial charge in [0.1, 0.15) is 11.0 Å². The lowest BCUT2D eigenvalue weighted by molar-refractivity contribution is -0.402. The SMILES string of the molecule is O=C(c1ccc([N+](=O)[O-])o1)N1CCC(Oc2ncccn2)CC1. The highest BCUT2D eigenvalue weighted by Gasteiger charge is 2.28. The van der Waals surface area contributed by atoms with E-state index in [1.54, 1.807) is 23.4 Å². The second-order valence-electron chi connectivity index (χ2n) is 5.04. The molecule has 0 atom stereocenters. The summed E-state index contributed by atoms with van der Waals surface area (Å²) in [7, 11) is 0. The van der Waals surface area contributed by atoms with Crippen LogP contribution in [0.25, 0.3) is 0 Å². The number of carbonyl (C=O) groups excluding carboxylic acids is 1. The van der Waals surface area contributed by atoms with Gasteiger partial charge in [0.2, 0.25) is 0 Å². The van der Waals surface area contributed by atoms with Gasteiger partial charge in [-0.3, -0.25) is 14.9 Å². The maximum Gasteiger partial charge on any atom is 0.433 e. The van der Waals surface area contributed by atoms with Crippen molar-refractivity contribution in [2.75, 3.05) is 13.1 Å². The molecule has 23 heavy (non-hydrogen) atoms. The summed E-state index contributed by atoms with van der Waals surface area (Å²) in [6, 6.07) is 4.52. The first kappa shape index (κ1) is 14.9. The molecule has 9 heteroatoms. The number of ether oxygens (including phenoxy) is 1. The Hall–Kier alpha value is -2.97. The average Bonchev–Trinajstić information content (AvgIpc) is 3.06. The predicted molar refractivity (Wildman–Crippen MR) is 76.9 cm³/mol. The third-order valence-electron chi connectivity index (χ3n) is 3.53. The van der Waals surface area contributed by atoms with E-state index in [9.17, 15) is 14.9 Å². The lowest BCUT2D eigenvalue weighted by Gasteiger charge is -2.31. The number of nitrogens with zero attached hydrogens (tertiary/aromatic N) is 4. The minimum atomic E-state index is -0.670. The molecule has 120 valence electrons. The number of likely N-dealkylation sites (tertiary alicyclic amines) is 1. The molecule has 1 saturated heterocycles. The van der Waals surface area contributed by atoms with Crippen molar-refractivity contribution in [1.29, 1.82) is 0 Å². The minimum absolute atomic E-state index is 0.0255. The van der Waals surface area contributed by atoms with Crippen LogP contribution >= 0.6 is 0 Å². The molecule has 0 N–H and O–H groups in total. The fourth-order valence-corrected chi connectivity index (χ4v) is 2.37. The molecule has 0 radical (unpaired) electrons. The van der Waals surface area contributed by atoms with E-state index in [2.05, 4.69) is 9.97 Å². The van der Waals surface area contributed by atoms with Crippen LogP contribution in [0, 0.1) is 10.1 Å². The minimum Gasteiger partial charge on any atom is -0.460 e. The molecule has 0 saturated carbocycles. The van der Waals surface area contributed by atoms with Crippen LogP contribution in [-0.4, -0.2) is 44.9 Å². The smallest absolute Gasteiger partial charge is 0.433 e. The molecular formula is C14H14N4O5. The van der Waals surface area contributed by atoms with Gasteiger partial charge in [-0.05, 0) is 12.1 Å². The van der Waals surface area contributed by atoms with Crippen molar-refractivity contribution in [2.24, 2.45) is 0 Å². The Morgan fingerprint density at radius 2 is 2.00 bits per heavy atom. The van der Waals surface area contributed by atoms with E-state index >= 15 is 0 Å². The fraction of sp³-hybridized carbons (Fsp3) is 0.357. The van der Waals surface area contributed by atoms with E-state index in [0.29, 0.717) is 31.9 Å². The van der Waals surface area contributed by atoms with Gasteiger partial charge >= 0.3 is 11.9 Å². The van der Waals surface area contributed by atoms with Crippen molar-refractivity contribution in [1.82, 2.24) is 14.9 Å². The number of carbonyl (C=O) groups is 1. The van der Waals surface area contributed by atoms with Gasteiger partial charge in [0.25, 0.3) is 5.91 Å². The number of hydrogen-bond acceptors (Lipinski definition) is 7. The van der Waals surface area contributed by atoms with E-state index < -0.39 is 10.8 Å². The van der Waals surface area contributed by atoms with Crippen LogP contribution in [0.15, 0.2) is 35.0 Å². The summed E-state index contributed by atoms with van der Waals surface area (Å²) < 4.78 is 10.6. The number of nitro groups is 1. The third kappa shape index (κ3) is 3.44. The van der Waals surface area contributed by atoms with Gasteiger partial charge < -0.3 is 14.1 Å². The largest absolute Gasteiger partial charge is 0.460 e. The Kier molecular flexibility index (Phi) is 4.18. The summed E-state index contributed by atoms with van der Waals surface area (Å²) in [4.78, 5) is 31.8. The van der Waals surface area contributed by atoms with Crippen molar-refractivity contribution in [3.63, 3.8) is 0 Å². The molecule has 0 aromatic carbocycles. The normalized spacial score (nSPS) is 15.4. The maximum atomic E-state index is 12.2. The molecular weight excluding hydrogens is 304 g/mol. The number of aromatic nitrogens is 2. The zero-order valence-electron chi connectivity index (χ0n) is 12.1. The van der Waals surface area contributed by atoms with Gasteiger partial charge in [-0.15, -0.1) is 0 Å². The third-order valence-corrected chi connectivity index (χ3v) is 3.53. The summed E-state index contributed by atoms with van der Waals surface area (Å²) in [5.74, 6) is -0.817. The Bertz CT molecular complexity index is 694. The lowest BCUT2D eigenvalue weighted by Crippen LogP contribution is -2.41. The first-order valence-electron chi connectivity index (χ1n) is 7.10. The quantitative estimate of drug-likeness (QED) is 0.622. The molecule has 1 aliphatic heterocycles. The number of rotatable bonds is 4. The average molecular weight is 318 g/mol. The van der Waals surface area contributed by atoms with Crippen LogP contribution in [0.4, 0.5) is 5.88 Å². The monoisotopic (exact) mass is 318 g/mol. The van der Waals surface area contributed by atoms with Crippen molar-refractivity contribution in [3.8, 4) is 6.01 Å². The topological polar surface area (TPSA) is 112 Å². The number of amides is 1. The van der Waals surface area contributed by atoms with E-state index in [1.807, 2.05) is 0 Å². The Balaban J connectivity index is 1.55. The van der Waals surface area contributed by atoms with Gasteiger partial charge in [0.05, 0.1) is 6.07 Å². The highest BCUT2D eigenvalue weighted by Crippen LogP contribution is 2.21. The molecule has 3 rings (SSSR count). The number of hydrogen-bond donors (Lipinski definition) is 0. The summed E-state index contributed by atoms with van der Waals surface area (Å²) in [6.07, 6.45) is 4.40. The van der Waals surface area contributed by atoms with Crippen LogP contribution < -0.4 is 4.74 Å². The van der Waals surface area contributed by atoms with Crippen molar-refractivity contribution < 1.29 is 18.9 Å². The maximum absolute atomic E-state index is 12.2. The first-order chi connectivity index (χ1) is 11.1. The van der Waals surface area contributed by atoms with Gasteiger partial charge in [-0.1, -0.05) is 0 Å². The van der Waals surface area contributed by atoms with E-state index in [-0.39, 0.29) is 17.8 Å². The second kappa shape index (κ2) is 6.42. The van der Waals surface area contributed by atoms with Gasteiger partial charge in [-0.25, -0.2) is 9.97 Å². The highest BCUT2D eigenvalue weighted by molar-refractivity contribution is 5.91. The second-order valence-corrected chi connectivity index (χ2v) is 5.04. The van der Waals surface area contributed by atoms with Crippen molar-refractivity contribution in [3.05, 3.63) is 46.5 Å². The summed E-state index contributed by atoms with van der Waals surface area (Å²) in [5.41, 5.74) is 0. The molecule has 2 aromatic heterocycles. The van der Waals surface area contributed by atoms with Gasteiger partial charge in [0.15, 0.2) is 5.76 Å². The zero-order chi connectivity index (χ0) is 16.2. The van der Waals surface area contributed by atoms with Crippen LogP contribution in [0.3, 0.4) is 0 Å². The van der Waals surface area contributed by atoms with Crippen LogP contribution in [0.1, 0.15) is 23.4 Å². The molecule has 0 unspecified atom stereocenters. The Morgan fingerprint density at radius 1 is 1.30 bits per heavy atom. The van der Waals surface area contributed by atoms with Crippen molar-refractivity contribution in [2.45, 2.75) is 18.9 Å². The molecule has 3 heterocycles. The molecule has 2 aromatic rings. The zero-order valence-corrected chi connectivity index (χ0v) is 12.1. The van der Waals surface area contributed by atoms with Crippen LogP contribution in [0.2, 0.25) is 0 Å². The van der Waals surface area contributed by atoms with Crippen LogP contribution in [-0.2, 0) is 0 Å². The van der Waals surface area contributed by atoms with Gasteiger partial charge in [-0.2, -0.15) is 0 Å². The van der Waals surface area contributed by atoms with E-state index in [0.717, 1.165) is 0 Å². The summed E-state index contributed by atoms with van der Waals surface area (Å²) >= 11 is 0. The molecule has 9 nitrogen and oxygen atoms in total. The lowest BCUT2D eigenvalue weighted by atomic mass is 10.1. The molecule has 1 aliphatic rings. The summed E-state index contributed by atoms with van der Waals surface area (Å²) in [5, 5.41) is 10.6. The van der Waals surface area contributed by atoms with Crippen LogP contribution in [0.5, 0.6) is 6.01 Å².